The van der Waals surface area contributed by atoms with E-state index in [1.807, 2.05) is 0 Å². The molecule has 0 radical (unpaired) electrons. The van der Waals surface area contributed by atoms with Crippen LogP contribution in [0, 0.1) is 5.41 Å². The van der Waals surface area contributed by atoms with Gasteiger partial charge in [-0.2, -0.15) is 0 Å². The molecule has 0 aliphatic rings. The predicted molar refractivity (Wildman–Crippen MR) is 198 cm³/mol. The summed E-state index contributed by atoms with van der Waals surface area (Å²) in [5.41, 5.74) is 9.76. The highest BCUT2D eigenvalue weighted by Crippen LogP contribution is 2.31. The second kappa shape index (κ2) is 23.3. The molecule has 0 aromatic heterocycles. The molecular weight excluding hydrogens is 632 g/mol. The Morgan fingerprint density at radius 1 is 0.520 bits per heavy atom. The minimum atomic E-state index is -1.61. The summed E-state index contributed by atoms with van der Waals surface area (Å²) in [5, 5.41) is 21.1. The van der Waals surface area contributed by atoms with Crippen molar-refractivity contribution in [3.05, 3.63) is 58.7 Å². The molecule has 0 aliphatic heterocycles. The van der Waals surface area contributed by atoms with Crippen LogP contribution in [0.15, 0.2) is 36.4 Å². The fourth-order valence-corrected chi connectivity index (χ4v) is 6.17. The molecule has 0 heterocycles. The van der Waals surface area contributed by atoms with Crippen LogP contribution in [0.3, 0.4) is 0 Å². The maximum absolute atomic E-state index is 13.7. The molecule has 10 heteroatoms. The van der Waals surface area contributed by atoms with Crippen LogP contribution < -0.4 is 21.7 Å². The van der Waals surface area contributed by atoms with Crippen LogP contribution in [0.1, 0.15) is 169 Å². The Morgan fingerprint density at radius 3 is 1.26 bits per heavy atom. The van der Waals surface area contributed by atoms with Crippen molar-refractivity contribution >= 4 is 23.6 Å². The van der Waals surface area contributed by atoms with Crippen LogP contribution in [0.2, 0.25) is 0 Å². The predicted octanol–water partition coefficient (Wildman–Crippen LogP) is 8.10. The number of phenolic OH excluding ortho intramolecular Hbond substituents is 2. The number of rotatable bonds is 23. The molecule has 10 nitrogen and oxygen atoms in total. The van der Waals surface area contributed by atoms with Crippen molar-refractivity contribution in [1.29, 1.82) is 0 Å². The minimum absolute atomic E-state index is 0.000677. The second-order valence-corrected chi connectivity index (χ2v) is 13.4. The monoisotopic (exact) mass is 694 g/mol. The molecule has 0 saturated carbocycles. The number of aryl methyl sites for hydroxylation is 2. The smallest absolute Gasteiger partial charge is 0.273 e. The first-order chi connectivity index (χ1) is 24.1. The number of benzene rings is 2. The summed E-state index contributed by atoms with van der Waals surface area (Å²) in [6.07, 6.45) is 17.6. The zero-order chi connectivity index (χ0) is 36.8. The number of carbonyl (C=O) groups excluding carboxylic acids is 4. The normalized spacial score (nSPS) is 11.2. The van der Waals surface area contributed by atoms with Crippen molar-refractivity contribution in [2.75, 3.05) is 0 Å². The fraction of sp³-hybridized carbons (Fsp3) is 0.600. The van der Waals surface area contributed by atoms with Crippen molar-refractivity contribution in [3.8, 4) is 11.5 Å². The largest absolute Gasteiger partial charge is 0.507 e. The number of hydrogen-bond acceptors (Lipinski definition) is 6. The average molecular weight is 695 g/mol. The van der Waals surface area contributed by atoms with Crippen LogP contribution in [-0.4, -0.2) is 33.8 Å². The average Bonchev–Trinajstić information content (AvgIpc) is 3.11. The Morgan fingerprint density at radius 2 is 0.900 bits per heavy atom. The highest BCUT2D eigenvalue weighted by molar-refractivity contribution is 6.07. The summed E-state index contributed by atoms with van der Waals surface area (Å²) in [6, 6.07) is 9.77. The number of amides is 4. The lowest BCUT2D eigenvalue weighted by Gasteiger charge is -2.30. The number of nitrogens with one attached hydrogen (secondary N) is 4. The van der Waals surface area contributed by atoms with Gasteiger partial charge < -0.3 is 10.2 Å². The number of carbonyl (C=O) groups is 4. The van der Waals surface area contributed by atoms with Crippen LogP contribution in [0.25, 0.3) is 0 Å². The maximum atomic E-state index is 13.7. The highest BCUT2D eigenvalue weighted by Gasteiger charge is 2.44. The SMILES string of the molecule is CCCCCCCc1ccc(C(=O)NNC(=O)C(CC)(CCCCCCC)C(=O)NNC(=O)c2ccc(CCCCCCC)cc2O)c(O)c1. The van der Waals surface area contributed by atoms with Gasteiger partial charge in [0, 0.05) is 0 Å². The highest BCUT2D eigenvalue weighted by atomic mass is 16.3. The van der Waals surface area contributed by atoms with Gasteiger partial charge in [0.05, 0.1) is 11.1 Å². The summed E-state index contributed by atoms with van der Waals surface area (Å²) in [6.45, 7) is 8.14. The lowest BCUT2D eigenvalue weighted by Crippen LogP contribution is -2.58. The first-order valence-corrected chi connectivity index (χ1v) is 19.0. The van der Waals surface area contributed by atoms with Crippen LogP contribution in [-0.2, 0) is 22.4 Å². The number of aromatic hydroxyl groups is 2. The first-order valence-electron chi connectivity index (χ1n) is 19.0. The second-order valence-electron chi connectivity index (χ2n) is 13.4. The van der Waals surface area contributed by atoms with Crippen molar-refractivity contribution in [2.45, 2.75) is 150 Å². The molecule has 2 rings (SSSR count). The zero-order valence-corrected chi connectivity index (χ0v) is 30.9. The minimum Gasteiger partial charge on any atom is -0.507 e. The third-order valence-corrected chi connectivity index (χ3v) is 9.51. The molecule has 0 spiro atoms. The van der Waals surface area contributed by atoms with E-state index >= 15 is 0 Å². The molecule has 50 heavy (non-hydrogen) atoms. The molecule has 0 atom stereocenters. The summed E-state index contributed by atoms with van der Waals surface area (Å²) < 4.78 is 0. The Balaban J connectivity index is 2.08. The van der Waals surface area contributed by atoms with Crippen LogP contribution in [0.5, 0.6) is 11.5 Å². The van der Waals surface area contributed by atoms with E-state index in [1.165, 1.54) is 50.7 Å². The Labute approximate surface area is 299 Å². The van der Waals surface area contributed by atoms with Gasteiger partial charge in [0.1, 0.15) is 16.9 Å². The molecule has 0 saturated heterocycles. The molecule has 0 unspecified atom stereocenters. The maximum Gasteiger partial charge on any atom is 0.273 e. The van der Waals surface area contributed by atoms with E-state index in [4.69, 9.17) is 0 Å². The Hall–Kier alpha value is -4.08. The molecular formula is C40H62N4O6. The standard InChI is InChI=1S/C40H62N4O6/c1-5-9-12-15-18-21-30-23-25-32(34(45)28-30)36(47)41-43-38(49)40(8-4,27-20-17-14-11-7-3)39(50)44-42-37(48)33-26-24-31(29-35(33)46)22-19-16-13-10-6-2/h23-26,28-29,45-46H,5-22,27H2,1-4H3,(H,41,47)(H,42,48)(H,43,49)(H,44,50). The van der Waals surface area contributed by atoms with Crippen molar-refractivity contribution in [3.63, 3.8) is 0 Å². The fourth-order valence-electron chi connectivity index (χ4n) is 6.17. The lowest BCUT2D eigenvalue weighted by atomic mass is 9.78. The van der Waals surface area contributed by atoms with E-state index in [9.17, 15) is 29.4 Å². The van der Waals surface area contributed by atoms with E-state index in [0.29, 0.717) is 6.42 Å². The van der Waals surface area contributed by atoms with Gasteiger partial charge >= 0.3 is 0 Å². The Bertz CT molecular complexity index is 1270. The number of hydrogen-bond donors (Lipinski definition) is 6. The molecule has 0 aliphatic carbocycles. The van der Waals surface area contributed by atoms with E-state index in [2.05, 4.69) is 42.5 Å². The molecule has 0 bridgehead atoms. The molecule has 4 amide bonds. The third kappa shape index (κ3) is 13.7. The van der Waals surface area contributed by atoms with Gasteiger partial charge in [0.25, 0.3) is 23.6 Å². The summed E-state index contributed by atoms with van der Waals surface area (Å²) >= 11 is 0. The van der Waals surface area contributed by atoms with E-state index in [-0.39, 0.29) is 35.5 Å². The molecule has 2 aromatic rings. The molecule has 278 valence electrons. The quantitative estimate of drug-likeness (QED) is 0.0392. The van der Waals surface area contributed by atoms with Crippen molar-refractivity contribution in [1.82, 2.24) is 21.7 Å². The third-order valence-electron chi connectivity index (χ3n) is 9.51. The number of unbranched alkanes of at least 4 members (excludes halogenated alkanes) is 12. The molecule has 2 aromatic carbocycles. The summed E-state index contributed by atoms with van der Waals surface area (Å²) in [4.78, 5) is 53.3. The van der Waals surface area contributed by atoms with E-state index < -0.39 is 29.0 Å². The molecule has 6 N–H and O–H groups in total. The zero-order valence-electron chi connectivity index (χ0n) is 30.9. The molecule has 0 fully saturated rings. The van der Waals surface area contributed by atoms with Crippen LogP contribution >= 0.6 is 0 Å². The van der Waals surface area contributed by atoms with Crippen molar-refractivity contribution < 1.29 is 29.4 Å². The van der Waals surface area contributed by atoms with E-state index in [1.54, 1.807) is 31.2 Å². The summed E-state index contributed by atoms with van der Waals surface area (Å²) in [7, 11) is 0. The van der Waals surface area contributed by atoms with E-state index in [0.717, 1.165) is 75.3 Å². The van der Waals surface area contributed by atoms with Gasteiger partial charge in [0.2, 0.25) is 0 Å². The van der Waals surface area contributed by atoms with Gasteiger partial charge in [-0.05, 0) is 73.9 Å². The first kappa shape index (κ1) is 42.1. The van der Waals surface area contributed by atoms with Gasteiger partial charge in [-0.1, -0.05) is 123 Å². The van der Waals surface area contributed by atoms with Gasteiger partial charge in [-0.25, -0.2) is 0 Å². The van der Waals surface area contributed by atoms with Gasteiger partial charge in [-0.15, -0.1) is 0 Å². The van der Waals surface area contributed by atoms with Crippen molar-refractivity contribution in [2.24, 2.45) is 5.41 Å². The van der Waals surface area contributed by atoms with Gasteiger partial charge in [-0.3, -0.25) is 40.9 Å². The lowest BCUT2D eigenvalue weighted by molar-refractivity contribution is -0.145. The number of phenols is 2. The Kier molecular flexibility index (Phi) is 19.7. The topological polar surface area (TPSA) is 157 Å². The number of hydrazine groups is 2. The van der Waals surface area contributed by atoms with Crippen LogP contribution in [0.4, 0.5) is 0 Å². The van der Waals surface area contributed by atoms with Gasteiger partial charge in [0.15, 0.2) is 0 Å². The summed E-state index contributed by atoms with van der Waals surface area (Å²) in [5.74, 6) is -3.28.